The number of anilines is 1. The van der Waals surface area contributed by atoms with Gasteiger partial charge in [0.2, 0.25) is 0 Å². The number of aromatic nitrogens is 2. The molecule has 21 heavy (non-hydrogen) atoms. The molecule has 0 aliphatic carbocycles. The lowest BCUT2D eigenvalue weighted by atomic mass is 10.0. The van der Waals surface area contributed by atoms with E-state index in [9.17, 15) is 18.0 Å². The van der Waals surface area contributed by atoms with Crippen molar-refractivity contribution in [2.45, 2.75) is 44.6 Å². The first-order valence-corrected chi connectivity index (χ1v) is 6.84. The van der Waals surface area contributed by atoms with Crippen LogP contribution in [-0.4, -0.2) is 34.7 Å². The molecule has 1 aliphatic rings. The van der Waals surface area contributed by atoms with Gasteiger partial charge in [0.1, 0.15) is 11.6 Å². The van der Waals surface area contributed by atoms with Crippen molar-refractivity contribution >= 4 is 17.3 Å². The summed E-state index contributed by atoms with van der Waals surface area (Å²) < 4.78 is 42.6. The predicted molar refractivity (Wildman–Crippen MR) is 71.6 cm³/mol. The zero-order valence-corrected chi connectivity index (χ0v) is 12.0. The summed E-state index contributed by atoms with van der Waals surface area (Å²) in [4.78, 5) is 11.8. The Bertz CT molecular complexity index is 562. The number of hydrogen-bond donors (Lipinski definition) is 1. The Balaban J connectivity index is 2.15. The van der Waals surface area contributed by atoms with Crippen LogP contribution in [0.5, 0.6) is 0 Å². The van der Waals surface area contributed by atoms with Crippen molar-refractivity contribution in [2.75, 3.05) is 11.9 Å². The summed E-state index contributed by atoms with van der Waals surface area (Å²) in [5.41, 5.74) is -0.710. The minimum Gasteiger partial charge on any atom is -0.379 e. The molecule has 0 radical (unpaired) electrons. The molecule has 1 aromatic heterocycles. The zero-order chi connectivity index (χ0) is 15.6. The van der Waals surface area contributed by atoms with Crippen LogP contribution in [0.2, 0.25) is 5.02 Å². The monoisotopic (exact) mass is 325 g/mol. The molecule has 0 amide bonds. The van der Waals surface area contributed by atoms with E-state index < -0.39 is 18.3 Å². The zero-order valence-electron chi connectivity index (χ0n) is 11.3. The fourth-order valence-electron chi connectivity index (χ4n) is 2.20. The molecule has 0 aromatic carbocycles. The summed E-state index contributed by atoms with van der Waals surface area (Å²) in [7, 11) is 0. The molecule has 5 nitrogen and oxygen atoms in total. The van der Waals surface area contributed by atoms with E-state index in [4.69, 9.17) is 16.3 Å². The van der Waals surface area contributed by atoms with Crippen molar-refractivity contribution in [3.63, 3.8) is 0 Å². The molecule has 1 saturated heterocycles. The van der Waals surface area contributed by atoms with Gasteiger partial charge in [0.15, 0.2) is 0 Å². The second-order valence-electron chi connectivity index (χ2n) is 5.00. The van der Waals surface area contributed by atoms with Crippen LogP contribution in [0.25, 0.3) is 0 Å². The largest absolute Gasteiger partial charge is 0.408 e. The Hall–Kier alpha value is -1.28. The Morgan fingerprint density at radius 1 is 1.57 bits per heavy atom. The van der Waals surface area contributed by atoms with Gasteiger partial charge in [-0.1, -0.05) is 11.6 Å². The lowest BCUT2D eigenvalue weighted by molar-refractivity contribution is -0.143. The normalized spacial score (nSPS) is 23.1. The van der Waals surface area contributed by atoms with E-state index in [0.29, 0.717) is 11.3 Å². The van der Waals surface area contributed by atoms with Crippen LogP contribution in [0.3, 0.4) is 0 Å². The fraction of sp³-hybridized carbons (Fsp3) is 0.667. The van der Waals surface area contributed by atoms with Crippen molar-refractivity contribution in [2.24, 2.45) is 0 Å². The van der Waals surface area contributed by atoms with Gasteiger partial charge >= 0.3 is 6.18 Å². The maximum absolute atomic E-state index is 12.3. The summed E-state index contributed by atoms with van der Waals surface area (Å²) in [6.07, 6.45) is -1.84. The first-order chi connectivity index (χ1) is 9.76. The fourth-order valence-corrected chi connectivity index (χ4v) is 2.40. The highest BCUT2D eigenvalue weighted by molar-refractivity contribution is 6.32. The van der Waals surface area contributed by atoms with Gasteiger partial charge in [0, 0.05) is 12.6 Å². The highest BCUT2D eigenvalue weighted by atomic mass is 35.5. The van der Waals surface area contributed by atoms with Crippen molar-refractivity contribution in [1.82, 2.24) is 9.78 Å². The molecule has 2 heterocycles. The molecule has 9 heteroatoms. The van der Waals surface area contributed by atoms with Crippen LogP contribution in [0, 0.1) is 0 Å². The minimum atomic E-state index is -4.52. The number of nitrogens with zero attached hydrogens (tertiary/aromatic N) is 2. The van der Waals surface area contributed by atoms with E-state index in [1.165, 1.54) is 0 Å². The predicted octanol–water partition coefficient (Wildman–Crippen LogP) is 2.44. The van der Waals surface area contributed by atoms with Crippen LogP contribution >= 0.6 is 11.6 Å². The average molecular weight is 326 g/mol. The van der Waals surface area contributed by atoms with Gasteiger partial charge in [-0.15, -0.1) is 0 Å². The quantitative estimate of drug-likeness (QED) is 0.927. The molecule has 118 valence electrons. The topological polar surface area (TPSA) is 56.2 Å². The van der Waals surface area contributed by atoms with E-state index in [0.717, 1.165) is 19.0 Å². The number of ether oxygens (including phenoxy) is 1. The van der Waals surface area contributed by atoms with E-state index in [1.807, 2.05) is 6.92 Å². The molecular formula is C12H15ClF3N3O2. The molecule has 1 fully saturated rings. The number of alkyl halides is 3. The van der Waals surface area contributed by atoms with Gasteiger partial charge < -0.3 is 10.1 Å². The van der Waals surface area contributed by atoms with Crippen molar-refractivity contribution < 1.29 is 17.9 Å². The van der Waals surface area contributed by atoms with Crippen LogP contribution in [0.1, 0.15) is 19.8 Å². The van der Waals surface area contributed by atoms with Gasteiger partial charge in [-0.2, -0.15) is 18.3 Å². The van der Waals surface area contributed by atoms with E-state index in [2.05, 4.69) is 10.4 Å². The number of hydrogen-bond acceptors (Lipinski definition) is 4. The molecule has 1 aromatic rings. The summed E-state index contributed by atoms with van der Waals surface area (Å²) >= 11 is 5.85. The Morgan fingerprint density at radius 3 is 2.90 bits per heavy atom. The van der Waals surface area contributed by atoms with Gasteiger partial charge in [0.25, 0.3) is 5.56 Å². The van der Waals surface area contributed by atoms with Gasteiger partial charge in [-0.3, -0.25) is 4.79 Å². The SMILES string of the molecule is CC1CC(Nc2cnn(CC(F)(F)F)c(=O)c2Cl)CCO1. The van der Waals surface area contributed by atoms with Crippen LogP contribution in [0.4, 0.5) is 18.9 Å². The lowest BCUT2D eigenvalue weighted by Gasteiger charge is -2.28. The molecule has 2 unspecified atom stereocenters. The Labute approximate surface area is 124 Å². The van der Waals surface area contributed by atoms with Crippen molar-refractivity contribution in [1.29, 1.82) is 0 Å². The smallest absolute Gasteiger partial charge is 0.379 e. The number of nitrogens with one attached hydrogen (secondary N) is 1. The average Bonchev–Trinajstić information content (AvgIpc) is 2.37. The standard InChI is InChI=1S/C12H15ClF3N3O2/c1-7-4-8(2-3-21-7)18-9-5-17-19(6-12(14,15)16)11(20)10(9)13/h5,7-8,18H,2-4,6H2,1H3. The van der Waals surface area contributed by atoms with Gasteiger partial charge in [-0.25, -0.2) is 4.68 Å². The molecule has 0 bridgehead atoms. The maximum Gasteiger partial charge on any atom is 0.408 e. The van der Waals surface area contributed by atoms with Gasteiger partial charge in [0.05, 0.1) is 18.0 Å². The van der Waals surface area contributed by atoms with E-state index >= 15 is 0 Å². The molecule has 0 saturated carbocycles. The third kappa shape index (κ3) is 4.34. The first-order valence-electron chi connectivity index (χ1n) is 6.47. The summed E-state index contributed by atoms with van der Waals surface area (Å²) in [5.74, 6) is 0. The maximum atomic E-state index is 12.3. The molecule has 1 N–H and O–H groups in total. The summed E-state index contributed by atoms with van der Waals surface area (Å²) in [5, 5.41) is 6.27. The second-order valence-corrected chi connectivity index (χ2v) is 5.38. The highest BCUT2D eigenvalue weighted by Gasteiger charge is 2.30. The van der Waals surface area contributed by atoms with Crippen LogP contribution in [0.15, 0.2) is 11.0 Å². The van der Waals surface area contributed by atoms with E-state index in [1.54, 1.807) is 0 Å². The lowest BCUT2D eigenvalue weighted by Crippen LogP contribution is -2.34. The third-order valence-corrected chi connectivity index (χ3v) is 3.52. The molecular weight excluding hydrogens is 311 g/mol. The molecule has 2 rings (SSSR count). The number of halogens is 4. The Kier molecular flexibility index (Phi) is 4.77. The molecule has 1 aliphatic heterocycles. The second kappa shape index (κ2) is 6.23. The van der Waals surface area contributed by atoms with E-state index in [-0.39, 0.29) is 22.9 Å². The van der Waals surface area contributed by atoms with Crippen LogP contribution in [-0.2, 0) is 11.3 Å². The summed E-state index contributed by atoms with van der Waals surface area (Å²) in [6, 6.07) is 0.0471. The van der Waals surface area contributed by atoms with Crippen LogP contribution < -0.4 is 10.9 Å². The van der Waals surface area contributed by atoms with Crippen molar-refractivity contribution in [3.05, 3.63) is 21.6 Å². The molecule has 2 atom stereocenters. The minimum absolute atomic E-state index is 0.0471. The van der Waals surface area contributed by atoms with Crippen molar-refractivity contribution in [3.8, 4) is 0 Å². The number of rotatable bonds is 3. The summed E-state index contributed by atoms with van der Waals surface area (Å²) in [6.45, 7) is 1.05. The third-order valence-electron chi connectivity index (χ3n) is 3.16. The highest BCUT2D eigenvalue weighted by Crippen LogP contribution is 2.23. The van der Waals surface area contributed by atoms with Gasteiger partial charge in [-0.05, 0) is 19.8 Å². The first kappa shape index (κ1) is 16.1. The Morgan fingerprint density at radius 2 is 2.29 bits per heavy atom. The molecule has 0 spiro atoms.